The molecule has 1 fully saturated rings. The van der Waals surface area contributed by atoms with Gasteiger partial charge in [0.15, 0.2) is 11.6 Å². The van der Waals surface area contributed by atoms with Gasteiger partial charge in [-0.25, -0.2) is 4.39 Å². The topological polar surface area (TPSA) is 24.5 Å². The van der Waals surface area contributed by atoms with Gasteiger partial charge in [0.2, 0.25) is 0 Å². The van der Waals surface area contributed by atoms with Crippen LogP contribution in [0.15, 0.2) is 18.2 Å². The zero-order valence-corrected chi connectivity index (χ0v) is 14.0. The Kier molecular flexibility index (Phi) is 6.46. The van der Waals surface area contributed by atoms with Crippen LogP contribution >= 0.6 is 0 Å². The van der Waals surface area contributed by atoms with Crippen molar-refractivity contribution < 1.29 is 22.3 Å². The van der Waals surface area contributed by atoms with E-state index >= 15 is 0 Å². The van der Waals surface area contributed by atoms with Crippen molar-refractivity contribution in [1.82, 2.24) is 10.2 Å². The first-order valence-corrected chi connectivity index (χ1v) is 8.26. The average molecular weight is 348 g/mol. The van der Waals surface area contributed by atoms with Crippen LogP contribution in [0.2, 0.25) is 0 Å². The van der Waals surface area contributed by atoms with E-state index in [1.807, 2.05) is 0 Å². The quantitative estimate of drug-likeness (QED) is 0.783. The Morgan fingerprint density at radius 1 is 1.17 bits per heavy atom. The number of alkyl halides is 3. The molecule has 0 unspecified atom stereocenters. The normalized spacial score (nSPS) is 18.0. The molecule has 1 atom stereocenters. The second-order valence-corrected chi connectivity index (χ2v) is 6.51. The number of rotatable bonds is 6. The predicted molar refractivity (Wildman–Crippen MR) is 84.3 cm³/mol. The van der Waals surface area contributed by atoms with E-state index in [1.54, 1.807) is 0 Å². The van der Waals surface area contributed by atoms with Crippen LogP contribution in [0.1, 0.15) is 38.3 Å². The number of hydrogen-bond donors (Lipinski definition) is 1. The van der Waals surface area contributed by atoms with Crippen LogP contribution in [0.25, 0.3) is 0 Å². The van der Waals surface area contributed by atoms with E-state index in [2.05, 4.69) is 28.8 Å². The molecule has 1 saturated heterocycles. The van der Waals surface area contributed by atoms with Crippen molar-refractivity contribution >= 4 is 0 Å². The number of hydrogen-bond acceptors (Lipinski definition) is 3. The molecule has 1 N–H and O–H groups in total. The van der Waals surface area contributed by atoms with Gasteiger partial charge in [0.05, 0.1) is 0 Å². The Bertz CT molecular complexity index is 528. The van der Waals surface area contributed by atoms with Gasteiger partial charge in [0.25, 0.3) is 0 Å². The summed E-state index contributed by atoms with van der Waals surface area (Å²) in [5, 5.41) is 3.27. The minimum absolute atomic E-state index is 0.00365. The first-order valence-electron chi connectivity index (χ1n) is 8.26. The molecule has 0 radical (unpaired) electrons. The maximum Gasteiger partial charge on any atom is 0.573 e. The summed E-state index contributed by atoms with van der Waals surface area (Å²) < 4.78 is 54.6. The van der Waals surface area contributed by atoms with E-state index in [-0.39, 0.29) is 6.04 Å². The van der Waals surface area contributed by atoms with Crippen LogP contribution in [0, 0.1) is 11.7 Å². The highest BCUT2D eigenvalue weighted by Crippen LogP contribution is 2.32. The minimum Gasteiger partial charge on any atom is -0.403 e. The number of nitrogens with one attached hydrogen (secondary N) is 1. The van der Waals surface area contributed by atoms with Gasteiger partial charge < -0.3 is 10.1 Å². The lowest BCUT2D eigenvalue weighted by Gasteiger charge is -2.35. The first-order chi connectivity index (χ1) is 11.3. The van der Waals surface area contributed by atoms with Gasteiger partial charge in [-0.3, -0.25) is 4.90 Å². The summed E-state index contributed by atoms with van der Waals surface area (Å²) in [6.07, 6.45) is -3.08. The van der Waals surface area contributed by atoms with Crippen LogP contribution in [-0.2, 0) is 0 Å². The highest BCUT2D eigenvalue weighted by Gasteiger charge is 2.32. The molecule has 7 heteroatoms. The average Bonchev–Trinajstić information content (AvgIpc) is 2.49. The predicted octanol–water partition coefficient (Wildman–Crippen LogP) is 4.11. The molecule has 1 aliphatic rings. The number of piperazine rings is 1. The van der Waals surface area contributed by atoms with Crippen LogP contribution in [-0.4, -0.2) is 37.4 Å². The molecule has 1 aromatic carbocycles. The molecule has 0 aliphatic carbocycles. The first kappa shape index (κ1) is 19.0. The van der Waals surface area contributed by atoms with Crippen molar-refractivity contribution in [2.75, 3.05) is 26.2 Å². The molecule has 136 valence electrons. The molecular weight excluding hydrogens is 324 g/mol. The summed E-state index contributed by atoms with van der Waals surface area (Å²) in [5.41, 5.74) is 0.699. The summed E-state index contributed by atoms with van der Waals surface area (Å²) in [7, 11) is 0. The lowest BCUT2D eigenvalue weighted by molar-refractivity contribution is -0.275. The largest absolute Gasteiger partial charge is 0.573 e. The van der Waals surface area contributed by atoms with Crippen molar-refractivity contribution in [3.05, 3.63) is 29.6 Å². The smallest absolute Gasteiger partial charge is 0.403 e. The molecule has 0 amide bonds. The Morgan fingerprint density at radius 2 is 1.83 bits per heavy atom. The summed E-state index contributed by atoms with van der Waals surface area (Å²) in [4.78, 5) is 2.26. The monoisotopic (exact) mass is 348 g/mol. The van der Waals surface area contributed by atoms with Crippen molar-refractivity contribution in [3.8, 4) is 5.75 Å². The molecule has 0 saturated carbocycles. The molecule has 0 aromatic heterocycles. The number of benzene rings is 1. The third-order valence-electron chi connectivity index (χ3n) is 4.18. The Hall–Kier alpha value is -1.34. The van der Waals surface area contributed by atoms with Gasteiger partial charge in [-0.15, -0.1) is 13.2 Å². The highest BCUT2D eigenvalue weighted by molar-refractivity contribution is 5.31. The fraction of sp³-hybridized carbons (Fsp3) is 0.647. The van der Waals surface area contributed by atoms with Gasteiger partial charge in [0, 0.05) is 32.2 Å². The standard InChI is InChI=1S/C17H24F4N2O/c1-12(2)3-5-15(23-9-7-22-8-10-23)13-4-6-16(14(18)11-13)24-17(19,20)21/h4,6,11-12,15,22H,3,5,7-10H2,1-2H3/t15-/m0/s1. The van der Waals surface area contributed by atoms with Gasteiger partial charge in [-0.05, 0) is 36.5 Å². The van der Waals surface area contributed by atoms with Gasteiger partial charge in [-0.1, -0.05) is 19.9 Å². The zero-order chi connectivity index (χ0) is 17.7. The summed E-state index contributed by atoms with van der Waals surface area (Å²) in [6, 6.07) is 3.79. The van der Waals surface area contributed by atoms with E-state index in [9.17, 15) is 17.6 Å². The lowest BCUT2D eigenvalue weighted by Crippen LogP contribution is -2.45. The minimum atomic E-state index is -4.89. The second-order valence-electron chi connectivity index (χ2n) is 6.51. The fourth-order valence-electron chi connectivity index (χ4n) is 2.98. The molecule has 2 rings (SSSR count). The number of halogens is 4. The Balaban J connectivity index is 2.19. The third kappa shape index (κ3) is 5.63. The third-order valence-corrected chi connectivity index (χ3v) is 4.18. The molecule has 0 spiro atoms. The van der Waals surface area contributed by atoms with E-state index in [1.165, 1.54) is 12.1 Å². The molecule has 24 heavy (non-hydrogen) atoms. The van der Waals surface area contributed by atoms with E-state index < -0.39 is 17.9 Å². The molecule has 3 nitrogen and oxygen atoms in total. The van der Waals surface area contributed by atoms with Crippen molar-refractivity contribution in [2.45, 2.75) is 39.1 Å². The van der Waals surface area contributed by atoms with Crippen LogP contribution < -0.4 is 10.1 Å². The number of nitrogens with zero attached hydrogens (tertiary/aromatic N) is 1. The Morgan fingerprint density at radius 3 is 2.38 bits per heavy atom. The second kappa shape index (κ2) is 8.16. The SMILES string of the molecule is CC(C)CC[C@@H](c1ccc(OC(F)(F)F)c(F)c1)N1CCNCC1. The van der Waals surface area contributed by atoms with Crippen molar-refractivity contribution in [3.63, 3.8) is 0 Å². The van der Waals surface area contributed by atoms with Crippen LogP contribution in [0.4, 0.5) is 17.6 Å². The summed E-state index contributed by atoms with van der Waals surface area (Å²) in [5.74, 6) is -1.25. The molecule has 1 heterocycles. The van der Waals surface area contributed by atoms with Crippen molar-refractivity contribution in [2.24, 2.45) is 5.92 Å². The Labute approximate surface area is 140 Å². The van der Waals surface area contributed by atoms with Crippen LogP contribution in [0.3, 0.4) is 0 Å². The molecule has 1 aliphatic heterocycles. The maximum absolute atomic E-state index is 14.1. The molecule has 1 aromatic rings. The van der Waals surface area contributed by atoms with Crippen LogP contribution in [0.5, 0.6) is 5.75 Å². The van der Waals surface area contributed by atoms with E-state index in [0.717, 1.165) is 45.1 Å². The van der Waals surface area contributed by atoms with Gasteiger partial charge >= 0.3 is 6.36 Å². The lowest BCUT2D eigenvalue weighted by atomic mass is 9.95. The number of ether oxygens (including phenoxy) is 1. The highest BCUT2D eigenvalue weighted by atomic mass is 19.4. The van der Waals surface area contributed by atoms with E-state index in [4.69, 9.17) is 0 Å². The van der Waals surface area contributed by atoms with Gasteiger partial charge in [-0.2, -0.15) is 0 Å². The fourth-order valence-corrected chi connectivity index (χ4v) is 2.98. The zero-order valence-electron chi connectivity index (χ0n) is 14.0. The van der Waals surface area contributed by atoms with Crippen molar-refractivity contribution in [1.29, 1.82) is 0 Å². The molecular formula is C17H24F4N2O. The summed E-state index contributed by atoms with van der Waals surface area (Å²) in [6.45, 7) is 7.63. The summed E-state index contributed by atoms with van der Waals surface area (Å²) >= 11 is 0. The van der Waals surface area contributed by atoms with E-state index in [0.29, 0.717) is 11.5 Å². The maximum atomic E-state index is 14.1. The molecule has 0 bridgehead atoms. The van der Waals surface area contributed by atoms with Gasteiger partial charge in [0.1, 0.15) is 0 Å².